The van der Waals surface area contributed by atoms with E-state index < -0.39 is 6.04 Å². The fourth-order valence-electron chi connectivity index (χ4n) is 3.07. The van der Waals surface area contributed by atoms with Crippen LogP contribution in [0.5, 0.6) is 0 Å². The fourth-order valence-corrected chi connectivity index (χ4v) is 4.24. The maximum absolute atomic E-state index is 12.8. The molecule has 0 aromatic heterocycles. The van der Waals surface area contributed by atoms with E-state index in [0.717, 1.165) is 12.8 Å². The van der Waals surface area contributed by atoms with Crippen LogP contribution in [-0.4, -0.2) is 58.3 Å². The van der Waals surface area contributed by atoms with E-state index in [-0.39, 0.29) is 29.1 Å². The molecule has 3 amide bonds. The Morgan fingerprint density at radius 3 is 2.57 bits per heavy atom. The van der Waals surface area contributed by atoms with E-state index in [1.807, 2.05) is 20.8 Å². The van der Waals surface area contributed by atoms with Crippen molar-refractivity contribution in [2.24, 2.45) is 17.1 Å². The van der Waals surface area contributed by atoms with Gasteiger partial charge in [-0.2, -0.15) is 0 Å². The number of piperidine rings is 1. The SMILES string of the molecule is CC(C)(C)CC(=O)N1CSC[C@@H]1C(=O)N1CCC[C@H](C(N)=O)C1. The Morgan fingerprint density at radius 1 is 1.26 bits per heavy atom. The first-order chi connectivity index (χ1) is 10.7. The van der Waals surface area contributed by atoms with Gasteiger partial charge in [0, 0.05) is 25.3 Å². The average molecular weight is 341 g/mol. The van der Waals surface area contributed by atoms with Gasteiger partial charge in [0.1, 0.15) is 6.04 Å². The van der Waals surface area contributed by atoms with Crippen molar-refractivity contribution in [3.63, 3.8) is 0 Å². The molecule has 2 saturated heterocycles. The molecule has 2 rings (SSSR count). The first-order valence-corrected chi connectivity index (χ1v) is 9.30. The zero-order chi connectivity index (χ0) is 17.2. The summed E-state index contributed by atoms with van der Waals surface area (Å²) in [5.74, 6) is 0.585. The highest BCUT2D eigenvalue weighted by molar-refractivity contribution is 7.99. The molecule has 6 nitrogen and oxygen atoms in total. The molecule has 23 heavy (non-hydrogen) atoms. The molecule has 0 saturated carbocycles. The van der Waals surface area contributed by atoms with Crippen LogP contribution in [0.25, 0.3) is 0 Å². The number of rotatable bonds is 3. The van der Waals surface area contributed by atoms with Gasteiger partial charge in [0.15, 0.2) is 0 Å². The minimum Gasteiger partial charge on any atom is -0.369 e. The molecule has 0 radical (unpaired) electrons. The maximum atomic E-state index is 12.8. The summed E-state index contributed by atoms with van der Waals surface area (Å²) < 4.78 is 0. The number of amides is 3. The van der Waals surface area contributed by atoms with E-state index in [2.05, 4.69) is 0 Å². The van der Waals surface area contributed by atoms with Gasteiger partial charge in [-0.1, -0.05) is 20.8 Å². The Balaban J connectivity index is 2.02. The van der Waals surface area contributed by atoms with Gasteiger partial charge in [-0.05, 0) is 18.3 Å². The maximum Gasteiger partial charge on any atom is 0.246 e. The molecule has 7 heteroatoms. The Kier molecular flexibility index (Phi) is 5.60. The predicted molar refractivity (Wildman–Crippen MR) is 90.5 cm³/mol. The van der Waals surface area contributed by atoms with Crippen molar-refractivity contribution in [1.82, 2.24) is 9.80 Å². The largest absolute Gasteiger partial charge is 0.369 e. The van der Waals surface area contributed by atoms with Crippen LogP contribution in [0, 0.1) is 11.3 Å². The zero-order valence-electron chi connectivity index (χ0n) is 14.2. The Bertz CT molecular complexity index is 489. The van der Waals surface area contributed by atoms with Crippen LogP contribution in [-0.2, 0) is 14.4 Å². The van der Waals surface area contributed by atoms with Crippen molar-refractivity contribution in [2.45, 2.75) is 46.1 Å². The van der Waals surface area contributed by atoms with Crippen molar-refractivity contribution < 1.29 is 14.4 Å². The van der Waals surface area contributed by atoms with Crippen molar-refractivity contribution in [2.75, 3.05) is 24.7 Å². The lowest BCUT2D eigenvalue weighted by atomic mass is 9.91. The van der Waals surface area contributed by atoms with Gasteiger partial charge >= 0.3 is 0 Å². The highest BCUT2D eigenvalue weighted by Gasteiger charge is 2.39. The fraction of sp³-hybridized carbons (Fsp3) is 0.812. The minimum absolute atomic E-state index is 0.0318. The summed E-state index contributed by atoms with van der Waals surface area (Å²) in [4.78, 5) is 40.1. The molecule has 2 fully saturated rings. The van der Waals surface area contributed by atoms with Crippen LogP contribution in [0.1, 0.15) is 40.0 Å². The van der Waals surface area contributed by atoms with E-state index in [9.17, 15) is 14.4 Å². The smallest absolute Gasteiger partial charge is 0.246 e. The predicted octanol–water partition coefficient (Wildman–Crippen LogP) is 1.05. The normalized spacial score (nSPS) is 25.5. The van der Waals surface area contributed by atoms with Gasteiger partial charge in [-0.25, -0.2) is 0 Å². The van der Waals surface area contributed by atoms with Gasteiger partial charge in [-0.15, -0.1) is 11.8 Å². The molecule has 0 aromatic carbocycles. The lowest BCUT2D eigenvalue weighted by Crippen LogP contribution is -2.53. The Hall–Kier alpha value is -1.24. The van der Waals surface area contributed by atoms with Gasteiger partial charge in [-0.3, -0.25) is 14.4 Å². The number of likely N-dealkylation sites (tertiary alicyclic amines) is 1. The molecule has 2 atom stereocenters. The third-order valence-corrected chi connectivity index (χ3v) is 5.32. The van der Waals surface area contributed by atoms with Gasteiger partial charge in [0.2, 0.25) is 17.7 Å². The van der Waals surface area contributed by atoms with Crippen LogP contribution in [0.15, 0.2) is 0 Å². The van der Waals surface area contributed by atoms with Gasteiger partial charge in [0.25, 0.3) is 0 Å². The summed E-state index contributed by atoms with van der Waals surface area (Å²) in [6.45, 7) is 7.09. The summed E-state index contributed by atoms with van der Waals surface area (Å²) >= 11 is 1.61. The highest BCUT2D eigenvalue weighted by atomic mass is 32.2. The summed E-state index contributed by atoms with van der Waals surface area (Å²) in [7, 11) is 0. The van der Waals surface area contributed by atoms with E-state index in [1.165, 1.54) is 0 Å². The number of carbonyl (C=O) groups excluding carboxylic acids is 3. The number of hydrogen-bond acceptors (Lipinski definition) is 4. The molecule has 0 unspecified atom stereocenters. The third-order valence-electron chi connectivity index (χ3n) is 4.30. The molecule has 2 aliphatic heterocycles. The molecule has 2 heterocycles. The van der Waals surface area contributed by atoms with Crippen LogP contribution in [0.3, 0.4) is 0 Å². The highest BCUT2D eigenvalue weighted by Crippen LogP contribution is 2.28. The zero-order valence-corrected chi connectivity index (χ0v) is 15.0. The summed E-state index contributed by atoms with van der Waals surface area (Å²) in [6, 6.07) is -0.401. The number of nitrogens with zero attached hydrogens (tertiary/aromatic N) is 2. The van der Waals surface area contributed by atoms with E-state index in [1.54, 1.807) is 21.6 Å². The second-order valence-corrected chi connectivity index (χ2v) is 8.64. The van der Waals surface area contributed by atoms with Crippen LogP contribution in [0.4, 0.5) is 0 Å². The second kappa shape index (κ2) is 7.11. The molecule has 130 valence electrons. The topological polar surface area (TPSA) is 83.7 Å². The van der Waals surface area contributed by atoms with Crippen LogP contribution >= 0.6 is 11.8 Å². The van der Waals surface area contributed by atoms with Crippen molar-refractivity contribution in [3.05, 3.63) is 0 Å². The quantitative estimate of drug-likeness (QED) is 0.831. The number of thioether (sulfide) groups is 1. The van der Waals surface area contributed by atoms with Crippen molar-refractivity contribution in [1.29, 1.82) is 0 Å². The molecule has 0 spiro atoms. The molecule has 0 aromatic rings. The van der Waals surface area contributed by atoms with Gasteiger partial charge < -0.3 is 15.5 Å². The number of carbonyl (C=O) groups is 3. The first kappa shape index (κ1) is 18.1. The molecule has 2 N–H and O–H groups in total. The lowest BCUT2D eigenvalue weighted by molar-refractivity contribution is -0.146. The van der Waals surface area contributed by atoms with Crippen molar-refractivity contribution in [3.8, 4) is 0 Å². The molecular weight excluding hydrogens is 314 g/mol. The van der Waals surface area contributed by atoms with E-state index in [4.69, 9.17) is 5.73 Å². The standard InChI is InChI=1S/C16H27N3O3S/c1-16(2,3)7-13(20)19-10-23-9-12(19)15(22)18-6-4-5-11(8-18)14(17)21/h11-12H,4-10H2,1-3H3,(H2,17,21)/t11-,12+/m0/s1. The number of hydrogen-bond donors (Lipinski definition) is 1. The number of nitrogens with two attached hydrogens (primary N) is 1. The monoisotopic (exact) mass is 341 g/mol. The molecule has 2 aliphatic rings. The van der Waals surface area contributed by atoms with Crippen LogP contribution < -0.4 is 5.73 Å². The summed E-state index contributed by atoms with van der Waals surface area (Å²) in [6.07, 6.45) is 1.96. The Morgan fingerprint density at radius 2 is 1.96 bits per heavy atom. The lowest BCUT2D eigenvalue weighted by Gasteiger charge is -2.35. The summed E-state index contributed by atoms with van der Waals surface area (Å²) in [5, 5.41) is 0. The minimum atomic E-state index is -0.401. The average Bonchev–Trinajstić information content (AvgIpc) is 2.94. The second-order valence-electron chi connectivity index (χ2n) is 7.64. The summed E-state index contributed by atoms with van der Waals surface area (Å²) in [5.41, 5.74) is 5.29. The molecule has 0 aliphatic carbocycles. The third kappa shape index (κ3) is 4.62. The molecular formula is C16H27N3O3S. The van der Waals surface area contributed by atoms with Gasteiger partial charge in [0.05, 0.1) is 11.8 Å². The van der Waals surface area contributed by atoms with E-state index >= 15 is 0 Å². The van der Waals surface area contributed by atoms with Crippen LogP contribution in [0.2, 0.25) is 0 Å². The van der Waals surface area contributed by atoms with Crippen molar-refractivity contribution >= 4 is 29.5 Å². The Labute approximate surface area is 142 Å². The molecule has 0 bridgehead atoms. The first-order valence-electron chi connectivity index (χ1n) is 8.14. The van der Waals surface area contributed by atoms with E-state index in [0.29, 0.717) is 31.1 Å². The number of primary amides is 1.